The second-order valence-corrected chi connectivity index (χ2v) is 8.09. The third kappa shape index (κ3) is 6.32. The van der Waals surface area contributed by atoms with Crippen molar-refractivity contribution >= 4 is 46.6 Å². The molecule has 3 aromatic rings. The Kier molecular flexibility index (Phi) is 7.89. The van der Waals surface area contributed by atoms with Crippen molar-refractivity contribution < 1.29 is 22.7 Å². The van der Waals surface area contributed by atoms with Gasteiger partial charge in [0.2, 0.25) is 11.1 Å². The Balaban J connectivity index is 1.58. The summed E-state index contributed by atoms with van der Waals surface area (Å²) < 4.78 is 45.1. The van der Waals surface area contributed by atoms with Crippen molar-refractivity contribution in [2.24, 2.45) is 5.10 Å². The molecule has 4 N–H and O–H groups in total. The van der Waals surface area contributed by atoms with Gasteiger partial charge in [-0.3, -0.25) is 4.79 Å². The monoisotopic (exact) mass is 513 g/mol. The quantitative estimate of drug-likeness (QED) is 0.178. The number of aromatic nitrogens is 3. The van der Waals surface area contributed by atoms with Gasteiger partial charge in [0, 0.05) is 5.69 Å². The zero-order chi connectivity index (χ0) is 24.9. The highest BCUT2D eigenvalue weighted by atomic mass is 35.5. The van der Waals surface area contributed by atoms with E-state index >= 15 is 0 Å². The number of hydrogen-bond acceptors (Lipinski definition) is 8. The fraction of sp³-hybridized carbons (Fsp3) is 0.200. The number of amides is 1. The van der Waals surface area contributed by atoms with Crippen LogP contribution in [0.5, 0.6) is 5.75 Å². The molecule has 34 heavy (non-hydrogen) atoms. The molecule has 180 valence electrons. The summed E-state index contributed by atoms with van der Waals surface area (Å²) in [6.45, 7) is 1.78. The number of anilines is 2. The number of alkyl halides is 3. The van der Waals surface area contributed by atoms with E-state index in [1.54, 1.807) is 26.2 Å². The van der Waals surface area contributed by atoms with Crippen LogP contribution in [0.4, 0.5) is 24.8 Å². The summed E-state index contributed by atoms with van der Waals surface area (Å²) in [4.78, 5) is 12.2. The van der Waals surface area contributed by atoms with E-state index in [-0.39, 0.29) is 22.5 Å². The Morgan fingerprint density at radius 3 is 2.59 bits per heavy atom. The van der Waals surface area contributed by atoms with Crippen molar-refractivity contribution in [3.63, 3.8) is 0 Å². The van der Waals surface area contributed by atoms with Gasteiger partial charge in [-0.05, 0) is 55.0 Å². The lowest BCUT2D eigenvalue weighted by atomic mass is 10.1. The van der Waals surface area contributed by atoms with Crippen LogP contribution in [0.2, 0.25) is 5.02 Å². The zero-order valence-electron chi connectivity index (χ0n) is 17.9. The maximum absolute atomic E-state index is 13.0. The van der Waals surface area contributed by atoms with Gasteiger partial charge in [-0.1, -0.05) is 23.4 Å². The molecule has 0 atom stereocenters. The van der Waals surface area contributed by atoms with Gasteiger partial charge in [-0.25, -0.2) is 10.1 Å². The Morgan fingerprint density at radius 2 is 1.94 bits per heavy atom. The second kappa shape index (κ2) is 10.7. The van der Waals surface area contributed by atoms with Gasteiger partial charge in [0.05, 0.1) is 29.2 Å². The van der Waals surface area contributed by atoms with Crippen molar-refractivity contribution in [2.45, 2.75) is 18.3 Å². The summed E-state index contributed by atoms with van der Waals surface area (Å²) in [6, 6.07) is 10.4. The molecule has 1 heterocycles. The van der Waals surface area contributed by atoms with Gasteiger partial charge in [0.15, 0.2) is 0 Å². The molecule has 0 spiro atoms. The smallest absolute Gasteiger partial charge is 0.417 e. The molecular formula is C20H19ClF3N7O2S. The van der Waals surface area contributed by atoms with Crippen LogP contribution in [0.1, 0.15) is 18.1 Å². The third-order valence-electron chi connectivity index (χ3n) is 4.38. The molecule has 0 bridgehead atoms. The number of nitrogen functional groups attached to an aromatic ring is 1. The fourth-order valence-electron chi connectivity index (χ4n) is 2.63. The molecule has 0 saturated heterocycles. The summed E-state index contributed by atoms with van der Waals surface area (Å²) in [5, 5.41) is 14.1. The lowest BCUT2D eigenvalue weighted by Gasteiger charge is -2.11. The number of carbonyl (C=O) groups excluding carboxylic acids is 1. The summed E-state index contributed by atoms with van der Waals surface area (Å²) >= 11 is 6.53. The molecule has 3 rings (SSSR count). The molecule has 0 aliphatic rings. The predicted molar refractivity (Wildman–Crippen MR) is 125 cm³/mol. The van der Waals surface area contributed by atoms with Crippen LogP contribution in [0.3, 0.4) is 0 Å². The van der Waals surface area contributed by atoms with Crippen LogP contribution >= 0.6 is 23.4 Å². The number of nitrogens with one attached hydrogen (secondary N) is 2. The second-order valence-electron chi connectivity index (χ2n) is 6.74. The van der Waals surface area contributed by atoms with Gasteiger partial charge in [0.25, 0.3) is 5.95 Å². The first-order valence-corrected chi connectivity index (χ1v) is 10.9. The van der Waals surface area contributed by atoms with Crippen LogP contribution in [0.15, 0.2) is 52.7 Å². The minimum Gasteiger partial charge on any atom is -0.497 e. The first-order valence-electron chi connectivity index (χ1n) is 9.53. The summed E-state index contributed by atoms with van der Waals surface area (Å²) in [5.74, 6) is 6.05. The minimum atomic E-state index is -4.64. The van der Waals surface area contributed by atoms with Gasteiger partial charge in [0.1, 0.15) is 5.75 Å². The molecule has 14 heteroatoms. The van der Waals surface area contributed by atoms with Crippen molar-refractivity contribution in [1.82, 2.24) is 14.9 Å². The molecule has 2 aromatic carbocycles. The van der Waals surface area contributed by atoms with E-state index in [1.807, 2.05) is 12.1 Å². The zero-order valence-corrected chi connectivity index (χ0v) is 19.4. The Bertz CT molecular complexity index is 1200. The highest BCUT2D eigenvalue weighted by Crippen LogP contribution is 2.36. The fourth-order valence-corrected chi connectivity index (χ4v) is 3.51. The average molecular weight is 514 g/mol. The number of rotatable bonds is 8. The Hall–Kier alpha value is -3.45. The maximum Gasteiger partial charge on any atom is 0.417 e. The van der Waals surface area contributed by atoms with Crippen molar-refractivity contribution in [2.75, 3.05) is 29.4 Å². The van der Waals surface area contributed by atoms with Gasteiger partial charge >= 0.3 is 6.18 Å². The standard InChI is InChI=1S/C20H19ClF3N7O2S/c1-11(12-3-6-14(33-2)7-4-12)27-28-18-29-30-19(31(18)25)34-10-17(32)26-13-5-8-16(21)15(9-13)20(22,23)24/h3-9H,10,25H2,1-2H3,(H,26,32)(H,28,29)/b27-11+. The molecule has 1 amide bonds. The maximum atomic E-state index is 13.0. The Morgan fingerprint density at radius 1 is 1.24 bits per heavy atom. The largest absolute Gasteiger partial charge is 0.497 e. The summed E-state index contributed by atoms with van der Waals surface area (Å²) in [6.07, 6.45) is -4.64. The number of hydrazone groups is 1. The third-order valence-corrected chi connectivity index (χ3v) is 5.66. The SMILES string of the molecule is COc1ccc(/C(C)=N/Nc2nnc(SCC(=O)Nc3ccc(Cl)c(C(F)(F)F)c3)n2N)cc1. The summed E-state index contributed by atoms with van der Waals surface area (Å²) in [7, 11) is 1.58. The van der Waals surface area contributed by atoms with E-state index in [0.717, 1.165) is 34.1 Å². The normalized spacial score (nSPS) is 11.9. The van der Waals surface area contributed by atoms with E-state index in [9.17, 15) is 18.0 Å². The number of carbonyl (C=O) groups is 1. The van der Waals surface area contributed by atoms with E-state index in [0.29, 0.717) is 11.5 Å². The Labute approximate surface area is 201 Å². The molecule has 0 radical (unpaired) electrons. The topological polar surface area (TPSA) is 119 Å². The average Bonchev–Trinajstić information content (AvgIpc) is 3.16. The molecular weight excluding hydrogens is 495 g/mol. The van der Waals surface area contributed by atoms with E-state index in [4.69, 9.17) is 22.2 Å². The number of nitrogens with two attached hydrogens (primary N) is 1. The number of thioether (sulfide) groups is 1. The van der Waals surface area contributed by atoms with Crippen LogP contribution in [0, 0.1) is 0 Å². The lowest BCUT2D eigenvalue weighted by Crippen LogP contribution is -2.17. The molecule has 9 nitrogen and oxygen atoms in total. The highest BCUT2D eigenvalue weighted by molar-refractivity contribution is 7.99. The first-order chi connectivity index (χ1) is 16.1. The van der Waals surface area contributed by atoms with Gasteiger partial charge in [-0.2, -0.15) is 18.3 Å². The predicted octanol–water partition coefficient (Wildman–Crippen LogP) is 4.24. The molecule has 0 saturated carbocycles. The van der Waals surface area contributed by atoms with E-state index in [1.165, 1.54) is 6.07 Å². The van der Waals surface area contributed by atoms with Crippen molar-refractivity contribution in [3.05, 3.63) is 58.6 Å². The molecule has 0 aliphatic carbocycles. The van der Waals surface area contributed by atoms with Crippen LogP contribution in [0.25, 0.3) is 0 Å². The molecule has 0 aliphatic heterocycles. The van der Waals surface area contributed by atoms with E-state index in [2.05, 4.69) is 26.0 Å². The van der Waals surface area contributed by atoms with Crippen molar-refractivity contribution in [3.8, 4) is 5.75 Å². The van der Waals surface area contributed by atoms with Crippen LogP contribution in [-0.2, 0) is 11.0 Å². The van der Waals surface area contributed by atoms with Gasteiger partial charge in [-0.15, -0.1) is 10.2 Å². The highest BCUT2D eigenvalue weighted by Gasteiger charge is 2.33. The van der Waals surface area contributed by atoms with E-state index < -0.39 is 22.7 Å². The first kappa shape index (κ1) is 25.2. The van der Waals surface area contributed by atoms with Crippen molar-refractivity contribution in [1.29, 1.82) is 0 Å². The van der Waals surface area contributed by atoms with Gasteiger partial charge < -0.3 is 15.9 Å². The van der Waals surface area contributed by atoms with Crippen LogP contribution < -0.4 is 21.3 Å². The molecule has 0 fully saturated rings. The number of benzene rings is 2. The number of methoxy groups -OCH3 is 1. The lowest BCUT2D eigenvalue weighted by molar-refractivity contribution is -0.137. The number of nitrogens with zero attached hydrogens (tertiary/aromatic N) is 4. The summed E-state index contributed by atoms with van der Waals surface area (Å²) in [5.41, 5.74) is 3.12. The molecule has 0 unspecified atom stereocenters. The minimum absolute atomic E-state index is 0.0396. The molecule has 1 aromatic heterocycles. The number of hydrogen-bond donors (Lipinski definition) is 3. The number of halogens is 4. The van der Waals surface area contributed by atoms with Crippen LogP contribution in [-0.4, -0.2) is 39.4 Å². The number of ether oxygens (including phenoxy) is 1.